The third-order valence-electron chi connectivity index (χ3n) is 4.04. The average Bonchev–Trinajstić information content (AvgIpc) is 2.45. The quantitative estimate of drug-likeness (QED) is 0.857. The van der Waals surface area contributed by atoms with Crippen molar-refractivity contribution in [1.29, 1.82) is 0 Å². The lowest BCUT2D eigenvalue weighted by atomic mass is 9.92. The third-order valence-corrected chi connectivity index (χ3v) is 4.04. The maximum atomic E-state index is 12.7. The molecule has 2 aromatic carbocycles. The molecule has 108 valence electrons. The summed E-state index contributed by atoms with van der Waals surface area (Å²) >= 11 is 0. The number of carbonyl (C=O) groups excluding carboxylic acids is 1. The van der Waals surface area contributed by atoms with Crippen LogP contribution in [0, 0.1) is 13.8 Å². The van der Waals surface area contributed by atoms with Crippen molar-refractivity contribution in [1.82, 2.24) is 0 Å². The first-order chi connectivity index (χ1) is 10.1. The summed E-state index contributed by atoms with van der Waals surface area (Å²) in [7, 11) is 0. The molecule has 0 bridgehead atoms. The number of ketones is 1. The summed E-state index contributed by atoms with van der Waals surface area (Å²) < 4.78 is 0. The predicted molar refractivity (Wildman–Crippen MR) is 87.2 cm³/mol. The minimum absolute atomic E-state index is 0.223. The van der Waals surface area contributed by atoms with Crippen LogP contribution in [0.25, 0.3) is 0 Å². The van der Waals surface area contributed by atoms with E-state index >= 15 is 0 Å². The Balaban J connectivity index is 1.89. The molecule has 0 atom stereocenters. The number of nitrogens with one attached hydrogen (secondary N) is 1. The molecule has 0 unspecified atom stereocenters. The summed E-state index contributed by atoms with van der Waals surface area (Å²) in [5.41, 5.74) is 6.76. The van der Waals surface area contributed by atoms with Gasteiger partial charge in [0.15, 0.2) is 5.78 Å². The Labute approximate surface area is 126 Å². The van der Waals surface area contributed by atoms with Gasteiger partial charge in [-0.15, -0.1) is 0 Å². The van der Waals surface area contributed by atoms with Crippen molar-refractivity contribution in [2.45, 2.75) is 33.1 Å². The Hall–Kier alpha value is -2.09. The molecular formula is C19H21NO. The lowest BCUT2D eigenvalue weighted by Crippen LogP contribution is -2.16. The summed E-state index contributed by atoms with van der Waals surface area (Å²) in [5.74, 6) is 0.223. The Morgan fingerprint density at radius 1 is 1.14 bits per heavy atom. The summed E-state index contributed by atoms with van der Waals surface area (Å²) in [4.78, 5) is 12.7. The van der Waals surface area contributed by atoms with Crippen LogP contribution in [0.3, 0.4) is 0 Å². The zero-order valence-corrected chi connectivity index (χ0v) is 12.7. The zero-order valence-electron chi connectivity index (χ0n) is 12.7. The smallest absolute Gasteiger partial charge is 0.167 e. The van der Waals surface area contributed by atoms with E-state index < -0.39 is 0 Å². The fourth-order valence-electron chi connectivity index (χ4n) is 3.22. The fraction of sp³-hybridized carbons (Fsp3) is 0.316. The van der Waals surface area contributed by atoms with Gasteiger partial charge in [0.05, 0.1) is 0 Å². The van der Waals surface area contributed by atoms with E-state index in [0.717, 1.165) is 36.2 Å². The fourth-order valence-corrected chi connectivity index (χ4v) is 3.22. The molecule has 2 aromatic rings. The maximum Gasteiger partial charge on any atom is 0.167 e. The summed E-state index contributed by atoms with van der Waals surface area (Å²) in [6, 6.07) is 12.4. The topological polar surface area (TPSA) is 29.1 Å². The number of hydrogen-bond donors (Lipinski definition) is 1. The minimum Gasteiger partial charge on any atom is -0.385 e. The van der Waals surface area contributed by atoms with Gasteiger partial charge >= 0.3 is 0 Å². The standard InChI is InChI=1S/C19H21NO/c1-13-9-14(2)11-15(10-13)12-19(21)17-5-3-7-18-16(17)6-4-8-20-18/h3,5,7,9-11,20H,4,6,8,12H2,1-2H3. The third kappa shape index (κ3) is 2.99. The lowest BCUT2D eigenvalue weighted by molar-refractivity contribution is 0.0992. The van der Waals surface area contributed by atoms with E-state index in [-0.39, 0.29) is 5.78 Å². The van der Waals surface area contributed by atoms with Crippen molar-refractivity contribution >= 4 is 11.5 Å². The predicted octanol–water partition coefficient (Wildman–Crippen LogP) is 4.09. The molecule has 0 aromatic heterocycles. The van der Waals surface area contributed by atoms with Crippen LogP contribution < -0.4 is 5.32 Å². The first kappa shape index (κ1) is 13.9. The summed E-state index contributed by atoms with van der Waals surface area (Å²) in [6.07, 6.45) is 2.58. The molecule has 2 nitrogen and oxygen atoms in total. The second kappa shape index (κ2) is 5.72. The van der Waals surface area contributed by atoms with E-state index in [1.165, 1.54) is 16.7 Å². The van der Waals surface area contributed by atoms with Crippen LogP contribution in [0.4, 0.5) is 5.69 Å². The monoisotopic (exact) mass is 279 g/mol. The number of carbonyl (C=O) groups is 1. The second-order valence-electron chi connectivity index (χ2n) is 5.96. The van der Waals surface area contributed by atoms with Crippen molar-refractivity contribution < 1.29 is 4.79 Å². The van der Waals surface area contributed by atoms with E-state index in [1.54, 1.807) is 0 Å². The van der Waals surface area contributed by atoms with Crippen molar-refractivity contribution in [3.05, 3.63) is 64.2 Å². The number of benzene rings is 2. The van der Waals surface area contributed by atoms with Gasteiger partial charge in [-0.1, -0.05) is 41.5 Å². The minimum atomic E-state index is 0.223. The van der Waals surface area contributed by atoms with Crippen LogP contribution in [0.1, 0.15) is 39.0 Å². The summed E-state index contributed by atoms with van der Waals surface area (Å²) in [5, 5.41) is 3.39. The van der Waals surface area contributed by atoms with Gasteiger partial charge in [0.1, 0.15) is 0 Å². The lowest BCUT2D eigenvalue weighted by Gasteiger charge is -2.20. The van der Waals surface area contributed by atoms with Crippen molar-refractivity contribution in [2.24, 2.45) is 0 Å². The molecule has 0 saturated carbocycles. The van der Waals surface area contributed by atoms with Gasteiger partial charge < -0.3 is 5.32 Å². The van der Waals surface area contributed by atoms with Crippen LogP contribution in [-0.4, -0.2) is 12.3 Å². The molecule has 0 saturated heterocycles. The molecule has 1 N–H and O–H groups in total. The van der Waals surface area contributed by atoms with E-state index in [9.17, 15) is 4.79 Å². The number of hydrogen-bond acceptors (Lipinski definition) is 2. The van der Waals surface area contributed by atoms with E-state index in [2.05, 4.69) is 43.4 Å². The Morgan fingerprint density at radius 2 is 1.90 bits per heavy atom. The van der Waals surface area contributed by atoms with Crippen molar-refractivity contribution in [3.8, 4) is 0 Å². The van der Waals surface area contributed by atoms with Gasteiger partial charge in [-0.3, -0.25) is 4.79 Å². The van der Waals surface area contributed by atoms with Crippen LogP contribution in [0.5, 0.6) is 0 Å². The summed E-state index contributed by atoms with van der Waals surface area (Å²) in [6.45, 7) is 5.16. The van der Waals surface area contributed by atoms with E-state index in [4.69, 9.17) is 0 Å². The molecule has 21 heavy (non-hydrogen) atoms. The van der Waals surface area contributed by atoms with Crippen LogP contribution in [0.2, 0.25) is 0 Å². The molecule has 1 aliphatic rings. The number of aryl methyl sites for hydroxylation is 2. The highest BCUT2D eigenvalue weighted by Gasteiger charge is 2.17. The molecular weight excluding hydrogens is 258 g/mol. The molecule has 0 amide bonds. The van der Waals surface area contributed by atoms with Gasteiger partial charge in [0.2, 0.25) is 0 Å². The Kier molecular flexibility index (Phi) is 3.78. The molecule has 0 fully saturated rings. The molecule has 0 aliphatic carbocycles. The molecule has 0 spiro atoms. The van der Waals surface area contributed by atoms with Crippen LogP contribution in [-0.2, 0) is 12.8 Å². The molecule has 2 heteroatoms. The van der Waals surface area contributed by atoms with E-state index in [0.29, 0.717) is 6.42 Å². The molecule has 1 heterocycles. The molecule has 1 aliphatic heterocycles. The maximum absolute atomic E-state index is 12.7. The van der Waals surface area contributed by atoms with Crippen molar-refractivity contribution in [2.75, 3.05) is 11.9 Å². The van der Waals surface area contributed by atoms with Gasteiger partial charge in [0.25, 0.3) is 0 Å². The van der Waals surface area contributed by atoms with Gasteiger partial charge in [-0.2, -0.15) is 0 Å². The Bertz CT molecular complexity index is 668. The second-order valence-corrected chi connectivity index (χ2v) is 5.96. The number of anilines is 1. The van der Waals surface area contributed by atoms with Gasteiger partial charge in [0, 0.05) is 24.2 Å². The highest BCUT2D eigenvalue weighted by atomic mass is 16.1. The Morgan fingerprint density at radius 3 is 2.67 bits per heavy atom. The van der Waals surface area contributed by atoms with E-state index in [1.807, 2.05) is 12.1 Å². The zero-order chi connectivity index (χ0) is 14.8. The molecule has 3 rings (SSSR count). The number of fused-ring (bicyclic) bond motifs is 1. The SMILES string of the molecule is Cc1cc(C)cc(CC(=O)c2cccc3c2CCCN3)c1. The number of rotatable bonds is 3. The average molecular weight is 279 g/mol. The molecule has 0 radical (unpaired) electrons. The number of Topliss-reactive ketones (excluding diaryl/α,β-unsaturated/α-hetero) is 1. The van der Waals surface area contributed by atoms with Gasteiger partial charge in [-0.05, 0) is 43.9 Å². The largest absolute Gasteiger partial charge is 0.385 e. The highest BCUT2D eigenvalue weighted by Crippen LogP contribution is 2.26. The van der Waals surface area contributed by atoms with Crippen LogP contribution >= 0.6 is 0 Å². The first-order valence-electron chi connectivity index (χ1n) is 7.59. The highest BCUT2D eigenvalue weighted by molar-refractivity contribution is 6.00. The normalized spacial score (nSPS) is 13.4. The first-order valence-corrected chi connectivity index (χ1v) is 7.59. The van der Waals surface area contributed by atoms with Crippen LogP contribution in [0.15, 0.2) is 36.4 Å². The van der Waals surface area contributed by atoms with Crippen molar-refractivity contribution in [3.63, 3.8) is 0 Å². The van der Waals surface area contributed by atoms with Gasteiger partial charge in [-0.25, -0.2) is 0 Å².